The number of nitrogens with zero attached hydrogens (tertiary/aromatic N) is 6. The molecule has 20 heavy (non-hydrogen) atoms. The lowest BCUT2D eigenvalue weighted by molar-refractivity contribution is 0.560. The van der Waals surface area contributed by atoms with Crippen LogP contribution in [0.2, 0.25) is 0 Å². The number of tetrazole rings is 1. The molecule has 0 saturated heterocycles. The Bertz CT molecular complexity index is 646. The average Bonchev–Trinajstić information content (AvgIpc) is 3.18. The van der Waals surface area contributed by atoms with Gasteiger partial charge in [-0.3, -0.25) is 5.10 Å². The van der Waals surface area contributed by atoms with Crippen molar-refractivity contribution in [2.24, 2.45) is 0 Å². The van der Waals surface area contributed by atoms with Crippen LogP contribution in [0.3, 0.4) is 0 Å². The van der Waals surface area contributed by atoms with Crippen molar-refractivity contribution in [1.29, 1.82) is 0 Å². The third-order valence-electron chi connectivity index (χ3n) is 3.02. The first-order valence-electron chi connectivity index (χ1n) is 6.24. The summed E-state index contributed by atoms with van der Waals surface area (Å²) in [6.07, 6.45) is 3.08. The third-order valence-corrected chi connectivity index (χ3v) is 3.02. The van der Waals surface area contributed by atoms with E-state index in [1.807, 2.05) is 12.1 Å². The molecule has 2 N–H and O–H groups in total. The highest BCUT2D eigenvalue weighted by molar-refractivity contribution is 5.35. The van der Waals surface area contributed by atoms with E-state index in [0.717, 1.165) is 17.1 Å². The van der Waals surface area contributed by atoms with Gasteiger partial charge in [-0.05, 0) is 35.0 Å². The fourth-order valence-corrected chi connectivity index (χ4v) is 1.90. The Morgan fingerprint density at radius 2 is 2.35 bits per heavy atom. The van der Waals surface area contributed by atoms with Gasteiger partial charge in [-0.2, -0.15) is 5.10 Å². The normalized spacial score (nSPS) is 12.4. The average molecular weight is 270 g/mol. The summed E-state index contributed by atoms with van der Waals surface area (Å²) in [5.74, 6) is 0.813. The number of benzene rings is 1. The maximum absolute atomic E-state index is 4.08. The summed E-state index contributed by atoms with van der Waals surface area (Å²) in [6, 6.07) is 8.24. The molecule has 0 fully saturated rings. The smallest absolute Gasteiger partial charge is 0.143 e. The molecule has 0 bridgehead atoms. The van der Waals surface area contributed by atoms with Gasteiger partial charge in [-0.15, -0.1) is 5.10 Å². The Morgan fingerprint density at radius 3 is 3.10 bits per heavy atom. The number of rotatable bonds is 5. The minimum Gasteiger partial charge on any atom is -0.303 e. The van der Waals surface area contributed by atoms with Crippen LogP contribution < -0.4 is 5.32 Å². The number of nitrogens with one attached hydrogen (secondary N) is 2. The van der Waals surface area contributed by atoms with E-state index in [1.165, 1.54) is 6.33 Å². The van der Waals surface area contributed by atoms with Crippen LogP contribution in [0.15, 0.2) is 36.9 Å². The van der Waals surface area contributed by atoms with Gasteiger partial charge in [0.1, 0.15) is 18.5 Å². The fraction of sp³-hybridized carbons (Fsp3) is 0.250. The van der Waals surface area contributed by atoms with Gasteiger partial charge in [0.25, 0.3) is 0 Å². The van der Waals surface area contributed by atoms with Crippen LogP contribution >= 0.6 is 0 Å². The second-order valence-corrected chi connectivity index (χ2v) is 4.38. The zero-order chi connectivity index (χ0) is 13.8. The van der Waals surface area contributed by atoms with Crippen LogP contribution in [-0.4, -0.2) is 35.4 Å². The predicted molar refractivity (Wildman–Crippen MR) is 70.8 cm³/mol. The highest BCUT2D eigenvalue weighted by atomic mass is 15.5. The number of H-pyrrole nitrogens is 1. The molecule has 0 radical (unpaired) electrons. The van der Waals surface area contributed by atoms with Gasteiger partial charge in [-0.25, -0.2) is 9.67 Å². The molecule has 0 aliphatic carbocycles. The molecule has 102 valence electrons. The number of aromatic amines is 1. The van der Waals surface area contributed by atoms with Crippen LogP contribution in [0.1, 0.15) is 24.4 Å². The van der Waals surface area contributed by atoms with Crippen molar-refractivity contribution in [1.82, 2.24) is 40.7 Å². The van der Waals surface area contributed by atoms with Gasteiger partial charge >= 0.3 is 0 Å². The molecule has 2 heterocycles. The van der Waals surface area contributed by atoms with Crippen molar-refractivity contribution >= 4 is 0 Å². The zero-order valence-electron chi connectivity index (χ0n) is 10.9. The molecule has 3 rings (SSSR count). The van der Waals surface area contributed by atoms with Crippen molar-refractivity contribution in [2.45, 2.75) is 19.5 Å². The van der Waals surface area contributed by atoms with Crippen molar-refractivity contribution in [3.63, 3.8) is 0 Å². The molecule has 3 aromatic rings. The summed E-state index contributed by atoms with van der Waals surface area (Å²) >= 11 is 0. The van der Waals surface area contributed by atoms with Crippen LogP contribution in [0.25, 0.3) is 5.69 Å². The summed E-state index contributed by atoms with van der Waals surface area (Å²) in [4.78, 5) is 4.08. The molecule has 8 heteroatoms. The monoisotopic (exact) mass is 270 g/mol. The van der Waals surface area contributed by atoms with Crippen LogP contribution in [0.5, 0.6) is 0 Å². The largest absolute Gasteiger partial charge is 0.303 e. The molecule has 0 spiro atoms. The van der Waals surface area contributed by atoms with E-state index in [1.54, 1.807) is 11.0 Å². The molecule has 0 aliphatic rings. The summed E-state index contributed by atoms with van der Waals surface area (Å²) < 4.78 is 1.63. The standard InChI is InChI=1S/C12H14N8/c1-9(13-6-12-14-7-15-17-12)10-3-2-4-11(5-10)20-8-16-18-19-20/h2-5,7-9,13H,6H2,1H3,(H,14,15,17). The second kappa shape index (κ2) is 5.57. The van der Waals surface area contributed by atoms with Gasteiger partial charge in [0.2, 0.25) is 0 Å². The molecule has 1 atom stereocenters. The van der Waals surface area contributed by atoms with Gasteiger partial charge in [-0.1, -0.05) is 12.1 Å². The number of hydrogen-bond donors (Lipinski definition) is 2. The van der Waals surface area contributed by atoms with Crippen molar-refractivity contribution in [2.75, 3.05) is 0 Å². The molecule has 2 aromatic heterocycles. The van der Waals surface area contributed by atoms with Crippen LogP contribution in [0, 0.1) is 0 Å². The Balaban J connectivity index is 1.71. The summed E-state index contributed by atoms with van der Waals surface area (Å²) in [5, 5.41) is 21.2. The molecular weight excluding hydrogens is 256 g/mol. The maximum atomic E-state index is 4.08. The van der Waals surface area contributed by atoms with Crippen molar-refractivity contribution < 1.29 is 0 Å². The first kappa shape index (κ1) is 12.4. The first-order valence-corrected chi connectivity index (χ1v) is 6.24. The van der Waals surface area contributed by atoms with Gasteiger partial charge in [0, 0.05) is 6.04 Å². The molecule has 1 aromatic carbocycles. The number of hydrogen-bond acceptors (Lipinski definition) is 6. The van der Waals surface area contributed by atoms with E-state index >= 15 is 0 Å². The zero-order valence-corrected chi connectivity index (χ0v) is 10.9. The maximum Gasteiger partial charge on any atom is 0.143 e. The SMILES string of the molecule is CC(NCc1ncn[nH]1)c1cccc(-n2cnnn2)c1. The van der Waals surface area contributed by atoms with Crippen LogP contribution in [0.4, 0.5) is 0 Å². The van der Waals surface area contributed by atoms with Crippen molar-refractivity contribution in [3.05, 3.63) is 48.3 Å². The van der Waals surface area contributed by atoms with Gasteiger partial charge in [0.15, 0.2) is 0 Å². The van der Waals surface area contributed by atoms with Gasteiger partial charge < -0.3 is 5.32 Å². The molecular formula is C12H14N8. The molecule has 1 unspecified atom stereocenters. The first-order chi connectivity index (χ1) is 9.83. The van der Waals surface area contributed by atoms with Gasteiger partial charge in [0.05, 0.1) is 12.2 Å². The second-order valence-electron chi connectivity index (χ2n) is 4.38. The predicted octanol–water partition coefficient (Wildman–Crippen LogP) is 0.631. The Morgan fingerprint density at radius 1 is 1.40 bits per heavy atom. The van der Waals surface area contributed by atoms with E-state index in [2.05, 4.69) is 55.1 Å². The number of aromatic nitrogens is 7. The summed E-state index contributed by atoms with van der Waals surface area (Å²) in [6.45, 7) is 2.73. The quantitative estimate of drug-likeness (QED) is 0.705. The molecule has 0 saturated carbocycles. The lowest BCUT2D eigenvalue weighted by Gasteiger charge is -2.14. The fourth-order valence-electron chi connectivity index (χ4n) is 1.90. The highest BCUT2D eigenvalue weighted by Crippen LogP contribution is 2.16. The van der Waals surface area contributed by atoms with Crippen molar-refractivity contribution in [3.8, 4) is 5.69 Å². The van der Waals surface area contributed by atoms with Crippen LogP contribution in [-0.2, 0) is 6.54 Å². The minimum absolute atomic E-state index is 0.177. The lowest BCUT2D eigenvalue weighted by Crippen LogP contribution is -2.19. The van der Waals surface area contributed by atoms with E-state index in [4.69, 9.17) is 0 Å². The topological polar surface area (TPSA) is 97.2 Å². The third kappa shape index (κ3) is 2.69. The van der Waals surface area contributed by atoms with E-state index in [0.29, 0.717) is 6.54 Å². The van der Waals surface area contributed by atoms with E-state index in [-0.39, 0.29) is 6.04 Å². The molecule has 0 aliphatic heterocycles. The van der Waals surface area contributed by atoms with E-state index < -0.39 is 0 Å². The minimum atomic E-state index is 0.177. The lowest BCUT2D eigenvalue weighted by atomic mass is 10.1. The Labute approximate surface area is 115 Å². The molecule has 0 amide bonds. The Hall–Kier alpha value is -2.61. The summed E-state index contributed by atoms with van der Waals surface area (Å²) in [5.41, 5.74) is 2.08. The summed E-state index contributed by atoms with van der Waals surface area (Å²) in [7, 11) is 0. The Kier molecular flexibility index (Phi) is 3.46. The van der Waals surface area contributed by atoms with E-state index in [9.17, 15) is 0 Å². The molecule has 8 nitrogen and oxygen atoms in total. The highest BCUT2D eigenvalue weighted by Gasteiger charge is 2.07.